The molecule has 0 aliphatic heterocycles. The third-order valence-electron chi connectivity index (χ3n) is 1.36. The molecule has 0 saturated carbocycles. The molecule has 13 heavy (non-hydrogen) atoms. The van der Waals surface area contributed by atoms with Gasteiger partial charge >= 0.3 is 0 Å². The van der Waals surface area contributed by atoms with Crippen LogP contribution in [0.1, 0.15) is 13.8 Å². The summed E-state index contributed by atoms with van der Waals surface area (Å²) >= 11 is 0. The van der Waals surface area contributed by atoms with Crippen LogP contribution in [-0.4, -0.2) is 14.2 Å². The molecule has 0 radical (unpaired) electrons. The highest BCUT2D eigenvalue weighted by molar-refractivity contribution is 5.45. The lowest BCUT2D eigenvalue weighted by Crippen LogP contribution is -2.14. The van der Waals surface area contributed by atoms with Gasteiger partial charge in [-0.1, -0.05) is 13.8 Å². The molecule has 0 bridgehead atoms. The molecular weight excluding hydrogens is 164 g/mol. The number of hydrogen-bond acceptors (Lipinski definition) is 3. The fourth-order valence-corrected chi connectivity index (χ4v) is 0.819. The zero-order valence-corrected chi connectivity index (χ0v) is 8.72. The maximum Gasteiger partial charge on any atom is 0.119 e. The minimum Gasteiger partial charge on any atom is -0.497 e. The molecule has 74 valence electrons. The van der Waals surface area contributed by atoms with Gasteiger partial charge in [-0.05, 0) is 24.3 Å². The van der Waals surface area contributed by atoms with Crippen molar-refractivity contribution in [2.24, 2.45) is 0 Å². The van der Waals surface area contributed by atoms with Crippen molar-refractivity contribution in [3.05, 3.63) is 24.3 Å². The summed E-state index contributed by atoms with van der Waals surface area (Å²) in [6.45, 7) is 4.00. The summed E-state index contributed by atoms with van der Waals surface area (Å²) in [4.78, 5) is 0. The number of methoxy groups -OCH3 is 1. The van der Waals surface area contributed by atoms with Crippen molar-refractivity contribution in [2.45, 2.75) is 13.8 Å². The summed E-state index contributed by atoms with van der Waals surface area (Å²) in [6, 6.07) is 7.68. The Morgan fingerprint density at radius 2 is 1.62 bits per heavy atom. The van der Waals surface area contributed by atoms with E-state index in [9.17, 15) is 0 Å². The summed E-state index contributed by atoms with van der Waals surface area (Å²) in [5, 5.41) is 0. The number of benzene rings is 1. The first-order valence-electron chi connectivity index (χ1n) is 4.43. The van der Waals surface area contributed by atoms with Gasteiger partial charge in [-0.2, -0.15) is 0 Å². The van der Waals surface area contributed by atoms with Gasteiger partial charge < -0.3 is 10.2 Å². The van der Waals surface area contributed by atoms with Gasteiger partial charge in [0.15, 0.2) is 0 Å². The van der Waals surface area contributed by atoms with Gasteiger partial charge in [-0.3, -0.25) is 0 Å². The highest BCUT2D eigenvalue weighted by Gasteiger charge is 1.89. The molecule has 0 atom stereocenters. The van der Waals surface area contributed by atoms with E-state index in [2.05, 4.69) is 10.9 Å². The van der Waals surface area contributed by atoms with Crippen molar-refractivity contribution in [2.75, 3.05) is 19.6 Å². The van der Waals surface area contributed by atoms with E-state index in [4.69, 9.17) is 4.74 Å². The van der Waals surface area contributed by atoms with Crippen LogP contribution in [0.2, 0.25) is 0 Å². The SMILES string of the molecule is CC.CNNc1ccc(OC)cc1. The van der Waals surface area contributed by atoms with Crippen LogP contribution in [-0.2, 0) is 0 Å². The standard InChI is InChI=1S/C8H12N2O.C2H6/c1-9-10-7-3-5-8(11-2)6-4-7;1-2/h3-6,9-10H,1-2H3;1-2H3. The van der Waals surface area contributed by atoms with Gasteiger partial charge in [-0.15, -0.1) is 0 Å². The quantitative estimate of drug-likeness (QED) is 0.703. The van der Waals surface area contributed by atoms with Crippen LogP contribution in [0.3, 0.4) is 0 Å². The Kier molecular flexibility index (Phi) is 6.73. The molecule has 1 rings (SSSR count). The molecule has 1 aromatic carbocycles. The Morgan fingerprint density at radius 3 is 2.00 bits per heavy atom. The van der Waals surface area contributed by atoms with E-state index in [0.717, 1.165) is 11.4 Å². The van der Waals surface area contributed by atoms with Crippen LogP contribution in [0.25, 0.3) is 0 Å². The molecule has 0 unspecified atom stereocenters. The van der Waals surface area contributed by atoms with Crippen LogP contribution in [0.5, 0.6) is 5.75 Å². The number of anilines is 1. The van der Waals surface area contributed by atoms with E-state index in [-0.39, 0.29) is 0 Å². The van der Waals surface area contributed by atoms with E-state index in [1.54, 1.807) is 7.11 Å². The molecule has 0 aromatic heterocycles. The lowest BCUT2D eigenvalue weighted by molar-refractivity contribution is 0.415. The van der Waals surface area contributed by atoms with Crippen LogP contribution >= 0.6 is 0 Å². The number of hydrazine groups is 1. The number of ether oxygens (including phenoxy) is 1. The minimum atomic E-state index is 0.867. The van der Waals surface area contributed by atoms with E-state index >= 15 is 0 Å². The van der Waals surface area contributed by atoms with E-state index in [1.807, 2.05) is 45.2 Å². The Balaban J connectivity index is 0.000000671. The predicted octanol–water partition coefficient (Wildman–Crippen LogP) is 2.27. The second-order valence-corrected chi connectivity index (χ2v) is 2.10. The molecule has 0 heterocycles. The van der Waals surface area contributed by atoms with Crippen LogP contribution < -0.4 is 15.6 Å². The molecule has 3 heteroatoms. The Morgan fingerprint density at radius 1 is 1.08 bits per heavy atom. The molecular formula is C10H18N2O. The molecule has 1 aromatic rings. The highest BCUT2D eigenvalue weighted by Crippen LogP contribution is 2.13. The zero-order valence-electron chi connectivity index (χ0n) is 8.72. The van der Waals surface area contributed by atoms with Crippen LogP contribution in [0, 0.1) is 0 Å². The lowest BCUT2D eigenvalue weighted by atomic mass is 10.3. The third-order valence-corrected chi connectivity index (χ3v) is 1.36. The monoisotopic (exact) mass is 182 g/mol. The summed E-state index contributed by atoms with van der Waals surface area (Å²) < 4.78 is 5.00. The lowest BCUT2D eigenvalue weighted by Gasteiger charge is -2.04. The van der Waals surface area contributed by atoms with Gasteiger partial charge in [-0.25, -0.2) is 5.43 Å². The van der Waals surface area contributed by atoms with Gasteiger partial charge in [0.2, 0.25) is 0 Å². The largest absolute Gasteiger partial charge is 0.497 e. The Labute approximate surface area is 80.1 Å². The smallest absolute Gasteiger partial charge is 0.119 e. The second-order valence-electron chi connectivity index (χ2n) is 2.10. The van der Waals surface area contributed by atoms with Crippen molar-refractivity contribution >= 4 is 5.69 Å². The number of nitrogens with one attached hydrogen (secondary N) is 2. The molecule has 0 saturated heterocycles. The maximum absolute atomic E-state index is 5.00. The minimum absolute atomic E-state index is 0.867. The number of hydrogen-bond donors (Lipinski definition) is 2. The first-order chi connectivity index (χ1) is 6.36. The van der Waals surface area contributed by atoms with Gasteiger partial charge in [0.25, 0.3) is 0 Å². The zero-order chi connectivity index (χ0) is 10.1. The molecule has 3 nitrogen and oxygen atoms in total. The van der Waals surface area contributed by atoms with Crippen LogP contribution in [0.15, 0.2) is 24.3 Å². The molecule has 0 fully saturated rings. The number of rotatable bonds is 3. The van der Waals surface area contributed by atoms with Crippen LogP contribution in [0.4, 0.5) is 5.69 Å². The summed E-state index contributed by atoms with van der Waals surface area (Å²) in [5.74, 6) is 0.867. The van der Waals surface area contributed by atoms with Crippen molar-refractivity contribution in [1.29, 1.82) is 0 Å². The molecule has 2 N–H and O–H groups in total. The van der Waals surface area contributed by atoms with Gasteiger partial charge in [0.05, 0.1) is 7.11 Å². The summed E-state index contributed by atoms with van der Waals surface area (Å²) in [6.07, 6.45) is 0. The van der Waals surface area contributed by atoms with E-state index in [1.165, 1.54) is 0 Å². The van der Waals surface area contributed by atoms with E-state index < -0.39 is 0 Å². The molecule has 0 aliphatic carbocycles. The van der Waals surface area contributed by atoms with Crippen molar-refractivity contribution in [1.82, 2.24) is 5.43 Å². The Hall–Kier alpha value is -1.22. The fraction of sp³-hybridized carbons (Fsp3) is 0.400. The van der Waals surface area contributed by atoms with E-state index in [0.29, 0.717) is 0 Å². The molecule has 0 spiro atoms. The predicted molar refractivity (Wildman–Crippen MR) is 57.0 cm³/mol. The average Bonchev–Trinajstić information content (AvgIpc) is 2.23. The normalized spacial score (nSPS) is 8.31. The average molecular weight is 182 g/mol. The summed E-state index contributed by atoms with van der Waals surface area (Å²) in [5.41, 5.74) is 6.81. The molecule has 0 aliphatic rings. The van der Waals surface area contributed by atoms with Gasteiger partial charge in [0.1, 0.15) is 5.75 Å². The molecule has 0 amide bonds. The topological polar surface area (TPSA) is 33.3 Å². The summed E-state index contributed by atoms with van der Waals surface area (Å²) in [7, 11) is 3.48. The highest BCUT2D eigenvalue weighted by atomic mass is 16.5. The van der Waals surface area contributed by atoms with Crippen molar-refractivity contribution < 1.29 is 4.74 Å². The van der Waals surface area contributed by atoms with Crippen molar-refractivity contribution in [3.63, 3.8) is 0 Å². The Bertz CT molecular complexity index is 209. The van der Waals surface area contributed by atoms with Gasteiger partial charge in [0, 0.05) is 12.7 Å². The first kappa shape index (κ1) is 11.8. The third kappa shape index (κ3) is 4.38. The first-order valence-corrected chi connectivity index (χ1v) is 4.43. The maximum atomic E-state index is 5.00. The van der Waals surface area contributed by atoms with Crippen molar-refractivity contribution in [3.8, 4) is 5.75 Å². The fourth-order valence-electron chi connectivity index (χ4n) is 0.819. The second kappa shape index (κ2) is 7.43.